The van der Waals surface area contributed by atoms with Gasteiger partial charge in [-0.15, -0.1) is 0 Å². The van der Waals surface area contributed by atoms with Gasteiger partial charge in [0.25, 0.3) is 5.91 Å². The molecular weight excluding hydrogens is 493 g/mol. The van der Waals surface area contributed by atoms with Crippen molar-refractivity contribution >= 4 is 11.9 Å². The summed E-state index contributed by atoms with van der Waals surface area (Å²) >= 11 is 0. The Morgan fingerprint density at radius 1 is 1.18 bits per heavy atom. The Morgan fingerprint density at radius 3 is 2.58 bits per heavy atom. The lowest BCUT2D eigenvalue weighted by molar-refractivity contribution is -0.307. The van der Waals surface area contributed by atoms with Gasteiger partial charge in [-0.1, -0.05) is 12.1 Å². The number of benzene rings is 2. The molecule has 0 bridgehead atoms. The molecule has 0 spiro atoms. The van der Waals surface area contributed by atoms with Gasteiger partial charge in [-0.3, -0.25) is 4.79 Å². The number of carbonyl (C=O) groups is 2. The van der Waals surface area contributed by atoms with Crippen LogP contribution in [-0.2, 0) is 17.9 Å². The van der Waals surface area contributed by atoms with E-state index in [1.165, 1.54) is 12.1 Å². The van der Waals surface area contributed by atoms with Gasteiger partial charge in [-0.25, -0.2) is 9.37 Å². The van der Waals surface area contributed by atoms with Crippen molar-refractivity contribution in [1.29, 1.82) is 0 Å². The number of aliphatic carboxylic acids is 1. The number of amides is 1. The normalized spacial score (nSPS) is 14.6. The van der Waals surface area contributed by atoms with Crippen molar-refractivity contribution in [2.45, 2.75) is 63.3 Å². The predicted molar refractivity (Wildman–Crippen MR) is 135 cm³/mol. The van der Waals surface area contributed by atoms with Gasteiger partial charge in [0.05, 0.1) is 25.0 Å². The minimum atomic E-state index is -1.39. The molecule has 38 heavy (non-hydrogen) atoms. The highest BCUT2D eigenvalue weighted by Crippen LogP contribution is 2.43. The maximum Gasteiger partial charge on any atom is 0.272 e. The van der Waals surface area contributed by atoms with Crippen molar-refractivity contribution in [3.63, 3.8) is 0 Å². The lowest BCUT2D eigenvalue weighted by atomic mass is 10.1. The first-order chi connectivity index (χ1) is 18.2. The van der Waals surface area contributed by atoms with Crippen molar-refractivity contribution in [1.82, 2.24) is 14.9 Å². The molecule has 9 nitrogen and oxygen atoms in total. The van der Waals surface area contributed by atoms with Crippen LogP contribution in [0.15, 0.2) is 48.5 Å². The molecule has 202 valence electrons. The Labute approximate surface area is 219 Å². The topological polar surface area (TPSA) is 137 Å². The van der Waals surface area contributed by atoms with E-state index < -0.39 is 30.4 Å². The summed E-state index contributed by atoms with van der Waals surface area (Å²) in [6, 6.07) is 13.2. The molecule has 0 unspecified atom stereocenters. The number of carbonyl (C=O) groups excluding carboxylic acids is 2. The molecule has 0 aliphatic heterocycles. The Morgan fingerprint density at radius 2 is 1.92 bits per heavy atom. The molecule has 3 N–H and O–H groups in total. The van der Waals surface area contributed by atoms with Crippen LogP contribution in [0.1, 0.15) is 59.8 Å². The highest BCUT2D eigenvalue weighted by atomic mass is 19.1. The van der Waals surface area contributed by atoms with Crippen LogP contribution in [0.2, 0.25) is 0 Å². The molecule has 1 saturated carbocycles. The highest BCUT2D eigenvalue weighted by Gasteiger charge is 2.35. The molecule has 1 heterocycles. The van der Waals surface area contributed by atoms with E-state index >= 15 is 0 Å². The summed E-state index contributed by atoms with van der Waals surface area (Å²) < 4.78 is 20.8. The summed E-state index contributed by atoms with van der Waals surface area (Å²) in [5, 5.41) is 34.0. The van der Waals surface area contributed by atoms with Gasteiger partial charge in [-0.05, 0) is 67.6 Å². The smallest absolute Gasteiger partial charge is 0.272 e. The number of aliphatic hydroxyl groups is 2. The average Bonchev–Trinajstić information content (AvgIpc) is 3.66. The molecule has 1 amide bonds. The van der Waals surface area contributed by atoms with E-state index in [4.69, 9.17) is 4.74 Å². The molecule has 1 fully saturated rings. The van der Waals surface area contributed by atoms with E-state index in [2.05, 4.69) is 10.3 Å². The molecule has 0 radical (unpaired) electrons. The summed E-state index contributed by atoms with van der Waals surface area (Å²) in [5.74, 6) is -0.860. The van der Waals surface area contributed by atoms with E-state index in [0.29, 0.717) is 17.1 Å². The number of ether oxygens (including phenoxy) is 1. The second-order valence-electron chi connectivity index (χ2n) is 9.54. The number of imidazole rings is 1. The number of nitrogens with zero attached hydrogens (tertiary/aromatic N) is 2. The Hall–Kier alpha value is -3.76. The number of hydrogen-bond donors (Lipinski definition) is 3. The van der Waals surface area contributed by atoms with Crippen LogP contribution in [-0.4, -0.2) is 51.0 Å². The van der Waals surface area contributed by atoms with E-state index in [0.717, 1.165) is 24.1 Å². The molecule has 10 heteroatoms. The summed E-state index contributed by atoms with van der Waals surface area (Å²) in [6.07, 6.45) is -0.927. The van der Waals surface area contributed by atoms with Gasteiger partial charge in [0.15, 0.2) is 0 Å². The van der Waals surface area contributed by atoms with Crippen LogP contribution in [0.25, 0.3) is 11.4 Å². The van der Waals surface area contributed by atoms with Crippen LogP contribution < -0.4 is 15.2 Å². The lowest BCUT2D eigenvalue weighted by Gasteiger charge is -2.18. The standard InChI is InChI=1S/C28H32FN3O6/c1-38-23-4-2-3-17(13-23)16-30-28(37)25-26(18-5-6-18)32(12-11-21(33)14-22(34)15-24(35)36)27(31-25)19-7-9-20(29)10-8-19/h2-4,7-10,13,18,21-22,33-34H,5-6,11-12,14-16H2,1H3,(H,30,37)(H,35,36)/p-1/t21-,22-/m1/s1. The highest BCUT2D eigenvalue weighted by molar-refractivity contribution is 5.94. The van der Waals surface area contributed by atoms with Crippen molar-refractivity contribution in [2.75, 3.05) is 7.11 Å². The summed E-state index contributed by atoms with van der Waals surface area (Å²) in [5.41, 5.74) is 2.50. The summed E-state index contributed by atoms with van der Waals surface area (Å²) in [6.45, 7) is 0.543. The third kappa shape index (κ3) is 6.96. The molecule has 2 atom stereocenters. The van der Waals surface area contributed by atoms with E-state index in [1.54, 1.807) is 19.2 Å². The van der Waals surface area contributed by atoms with Gasteiger partial charge in [0, 0.05) is 37.0 Å². The maximum atomic E-state index is 13.6. The zero-order valence-corrected chi connectivity index (χ0v) is 21.1. The molecular formula is C28H31FN3O6-. The fourth-order valence-electron chi connectivity index (χ4n) is 4.48. The van der Waals surface area contributed by atoms with Crippen LogP contribution in [0.4, 0.5) is 4.39 Å². The molecule has 1 aliphatic carbocycles. The minimum absolute atomic E-state index is 0.120. The fraction of sp³-hybridized carbons (Fsp3) is 0.393. The van der Waals surface area contributed by atoms with Gasteiger partial charge in [0.2, 0.25) is 0 Å². The number of rotatable bonds is 13. The quantitative estimate of drug-likeness (QED) is 0.312. The molecule has 1 aromatic heterocycles. The molecule has 3 aromatic rings. The summed E-state index contributed by atoms with van der Waals surface area (Å²) in [7, 11) is 1.57. The number of halogens is 1. The largest absolute Gasteiger partial charge is 0.550 e. The number of aromatic nitrogens is 2. The van der Waals surface area contributed by atoms with Gasteiger partial charge in [0.1, 0.15) is 23.1 Å². The molecule has 4 rings (SSSR count). The van der Waals surface area contributed by atoms with Crippen molar-refractivity contribution in [3.05, 3.63) is 71.3 Å². The van der Waals surface area contributed by atoms with Crippen LogP contribution in [0.3, 0.4) is 0 Å². The number of hydrogen-bond acceptors (Lipinski definition) is 7. The first kappa shape index (κ1) is 27.3. The monoisotopic (exact) mass is 524 g/mol. The summed E-state index contributed by atoms with van der Waals surface area (Å²) in [4.78, 5) is 28.8. The second-order valence-corrected chi connectivity index (χ2v) is 9.54. The number of carboxylic acid groups (broad SMARTS) is 1. The van der Waals surface area contributed by atoms with Crippen molar-refractivity contribution in [3.8, 4) is 17.1 Å². The Bertz CT molecular complexity index is 1270. The van der Waals surface area contributed by atoms with E-state index in [1.807, 2.05) is 28.8 Å². The third-order valence-corrected chi connectivity index (χ3v) is 6.51. The average molecular weight is 525 g/mol. The van der Waals surface area contributed by atoms with Crippen LogP contribution in [0, 0.1) is 5.82 Å². The van der Waals surface area contributed by atoms with E-state index in [9.17, 15) is 29.3 Å². The number of carboxylic acids is 1. The maximum absolute atomic E-state index is 13.6. The Balaban J connectivity index is 1.60. The number of nitrogens with one attached hydrogen (secondary N) is 1. The minimum Gasteiger partial charge on any atom is -0.550 e. The second kappa shape index (κ2) is 12.2. The fourth-order valence-corrected chi connectivity index (χ4v) is 4.48. The predicted octanol–water partition coefficient (Wildman–Crippen LogP) is 2.15. The van der Waals surface area contributed by atoms with Gasteiger partial charge >= 0.3 is 0 Å². The third-order valence-electron chi connectivity index (χ3n) is 6.51. The zero-order valence-electron chi connectivity index (χ0n) is 21.1. The van der Waals surface area contributed by atoms with E-state index in [-0.39, 0.29) is 43.5 Å². The van der Waals surface area contributed by atoms with Crippen molar-refractivity contribution < 1.29 is 34.0 Å². The zero-order chi connectivity index (χ0) is 27.2. The molecule has 0 saturated heterocycles. The molecule has 2 aromatic carbocycles. The first-order valence-corrected chi connectivity index (χ1v) is 12.6. The number of methoxy groups -OCH3 is 1. The number of aliphatic hydroxyl groups excluding tert-OH is 2. The Kier molecular flexibility index (Phi) is 8.75. The van der Waals surface area contributed by atoms with Gasteiger partial charge in [-0.2, -0.15) is 0 Å². The van der Waals surface area contributed by atoms with Crippen LogP contribution in [0.5, 0.6) is 5.75 Å². The SMILES string of the molecule is COc1cccc(CNC(=O)c2nc(-c3ccc(F)cc3)n(CC[C@@H](O)C[C@@H](O)CC(=O)[O-])c2C2CC2)c1. The van der Waals surface area contributed by atoms with Crippen LogP contribution >= 0.6 is 0 Å². The first-order valence-electron chi connectivity index (χ1n) is 12.6. The van der Waals surface area contributed by atoms with Crippen molar-refractivity contribution in [2.24, 2.45) is 0 Å². The lowest BCUT2D eigenvalue weighted by Crippen LogP contribution is -2.29. The van der Waals surface area contributed by atoms with Gasteiger partial charge < -0.3 is 34.7 Å². The molecule has 1 aliphatic rings.